The SMILES string of the molecule is CCCC(CN(C)c1cc(C)cc(C)c1)NC. The van der Waals surface area contributed by atoms with Crippen molar-refractivity contribution in [3.8, 4) is 0 Å². The third-order valence-electron chi connectivity index (χ3n) is 3.19. The van der Waals surface area contributed by atoms with Gasteiger partial charge in [0.2, 0.25) is 0 Å². The second-order valence-corrected chi connectivity index (χ2v) is 5.00. The number of nitrogens with zero attached hydrogens (tertiary/aromatic N) is 1. The summed E-state index contributed by atoms with van der Waals surface area (Å²) in [5, 5.41) is 3.39. The van der Waals surface area contributed by atoms with E-state index < -0.39 is 0 Å². The number of aryl methyl sites for hydroxylation is 2. The second kappa shape index (κ2) is 6.65. The molecule has 0 aliphatic heterocycles. The molecule has 0 saturated carbocycles. The zero-order chi connectivity index (χ0) is 12.8. The van der Waals surface area contributed by atoms with Crippen LogP contribution in [0.3, 0.4) is 0 Å². The quantitative estimate of drug-likeness (QED) is 0.813. The molecule has 0 saturated heterocycles. The zero-order valence-electron chi connectivity index (χ0n) is 11.9. The van der Waals surface area contributed by atoms with E-state index in [0.29, 0.717) is 6.04 Å². The lowest BCUT2D eigenvalue weighted by Crippen LogP contribution is -2.37. The van der Waals surface area contributed by atoms with E-state index >= 15 is 0 Å². The number of hydrogen-bond acceptors (Lipinski definition) is 2. The molecule has 17 heavy (non-hydrogen) atoms. The molecule has 0 aromatic heterocycles. The molecule has 1 aromatic rings. The summed E-state index contributed by atoms with van der Waals surface area (Å²) in [4.78, 5) is 2.34. The predicted octanol–water partition coefficient (Wildman–Crippen LogP) is 3.13. The van der Waals surface area contributed by atoms with Crippen molar-refractivity contribution in [3.05, 3.63) is 29.3 Å². The van der Waals surface area contributed by atoms with Crippen molar-refractivity contribution in [2.24, 2.45) is 0 Å². The van der Waals surface area contributed by atoms with Crippen molar-refractivity contribution < 1.29 is 0 Å². The predicted molar refractivity (Wildman–Crippen MR) is 76.9 cm³/mol. The Hall–Kier alpha value is -1.02. The summed E-state index contributed by atoms with van der Waals surface area (Å²) in [6.45, 7) is 7.62. The highest BCUT2D eigenvalue weighted by atomic mass is 15.1. The van der Waals surface area contributed by atoms with Crippen LogP contribution in [0.4, 0.5) is 5.69 Å². The van der Waals surface area contributed by atoms with Gasteiger partial charge in [0.25, 0.3) is 0 Å². The molecule has 0 radical (unpaired) electrons. The lowest BCUT2D eigenvalue weighted by atomic mass is 10.1. The highest BCUT2D eigenvalue weighted by Crippen LogP contribution is 2.18. The van der Waals surface area contributed by atoms with Crippen LogP contribution in [-0.4, -0.2) is 26.7 Å². The van der Waals surface area contributed by atoms with E-state index in [2.05, 4.69) is 63.3 Å². The smallest absolute Gasteiger partial charge is 0.0369 e. The number of likely N-dealkylation sites (N-methyl/N-ethyl adjacent to an activating group) is 2. The maximum Gasteiger partial charge on any atom is 0.0369 e. The van der Waals surface area contributed by atoms with Crippen LogP contribution in [0.5, 0.6) is 0 Å². The van der Waals surface area contributed by atoms with Gasteiger partial charge in [-0.1, -0.05) is 19.4 Å². The van der Waals surface area contributed by atoms with E-state index in [4.69, 9.17) is 0 Å². The van der Waals surface area contributed by atoms with Crippen LogP contribution in [0, 0.1) is 13.8 Å². The first-order valence-electron chi connectivity index (χ1n) is 6.53. The number of rotatable bonds is 6. The van der Waals surface area contributed by atoms with Gasteiger partial charge >= 0.3 is 0 Å². The van der Waals surface area contributed by atoms with Crippen LogP contribution < -0.4 is 10.2 Å². The third kappa shape index (κ3) is 4.39. The van der Waals surface area contributed by atoms with Gasteiger partial charge in [0, 0.05) is 25.3 Å². The van der Waals surface area contributed by atoms with Gasteiger partial charge in [-0.05, 0) is 50.6 Å². The van der Waals surface area contributed by atoms with Crippen molar-refractivity contribution in [2.45, 2.75) is 39.7 Å². The molecule has 2 nitrogen and oxygen atoms in total. The summed E-state index contributed by atoms with van der Waals surface area (Å²) in [6, 6.07) is 7.31. The Morgan fingerprint density at radius 2 is 1.76 bits per heavy atom. The van der Waals surface area contributed by atoms with E-state index in [-0.39, 0.29) is 0 Å². The maximum absolute atomic E-state index is 3.39. The van der Waals surface area contributed by atoms with E-state index in [1.54, 1.807) is 0 Å². The minimum Gasteiger partial charge on any atom is -0.373 e. The highest BCUT2D eigenvalue weighted by molar-refractivity contribution is 5.50. The summed E-state index contributed by atoms with van der Waals surface area (Å²) in [6.07, 6.45) is 2.46. The topological polar surface area (TPSA) is 15.3 Å². The number of nitrogens with one attached hydrogen (secondary N) is 1. The van der Waals surface area contributed by atoms with Crippen LogP contribution >= 0.6 is 0 Å². The van der Waals surface area contributed by atoms with Gasteiger partial charge in [-0.3, -0.25) is 0 Å². The van der Waals surface area contributed by atoms with Gasteiger partial charge in [0.1, 0.15) is 0 Å². The summed E-state index contributed by atoms with van der Waals surface area (Å²) in [5.74, 6) is 0. The molecule has 0 spiro atoms. The van der Waals surface area contributed by atoms with E-state index in [1.807, 2.05) is 0 Å². The normalized spacial score (nSPS) is 12.5. The Kier molecular flexibility index (Phi) is 5.49. The molecule has 0 aliphatic carbocycles. The van der Waals surface area contributed by atoms with Crippen LogP contribution in [0.25, 0.3) is 0 Å². The summed E-state index contributed by atoms with van der Waals surface area (Å²) >= 11 is 0. The molecular formula is C15H26N2. The maximum atomic E-state index is 3.39. The van der Waals surface area contributed by atoms with E-state index in [0.717, 1.165) is 6.54 Å². The molecule has 0 heterocycles. The fourth-order valence-electron chi connectivity index (χ4n) is 2.28. The number of hydrogen-bond donors (Lipinski definition) is 1. The van der Waals surface area contributed by atoms with Gasteiger partial charge in [-0.2, -0.15) is 0 Å². The summed E-state index contributed by atoms with van der Waals surface area (Å²) in [5.41, 5.74) is 3.99. The standard InChI is InChI=1S/C15H26N2/c1-6-7-14(16-4)11-17(5)15-9-12(2)8-13(3)10-15/h8-10,14,16H,6-7,11H2,1-5H3. The van der Waals surface area contributed by atoms with Crippen molar-refractivity contribution >= 4 is 5.69 Å². The molecule has 1 atom stereocenters. The zero-order valence-corrected chi connectivity index (χ0v) is 11.9. The Morgan fingerprint density at radius 3 is 2.24 bits per heavy atom. The average molecular weight is 234 g/mol. The van der Waals surface area contributed by atoms with Gasteiger partial charge in [0.15, 0.2) is 0 Å². The van der Waals surface area contributed by atoms with Gasteiger partial charge in [-0.25, -0.2) is 0 Å². The summed E-state index contributed by atoms with van der Waals surface area (Å²) in [7, 11) is 4.23. The first kappa shape index (κ1) is 14.0. The summed E-state index contributed by atoms with van der Waals surface area (Å²) < 4.78 is 0. The monoisotopic (exact) mass is 234 g/mol. The lowest BCUT2D eigenvalue weighted by molar-refractivity contribution is 0.515. The Labute approximate surface area is 106 Å². The van der Waals surface area contributed by atoms with Crippen LogP contribution in [0.2, 0.25) is 0 Å². The largest absolute Gasteiger partial charge is 0.373 e. The van der Waals surface area contributed by atoms with E-state index in [9.17, 15) is 0 Å². The van der Waals surface area contributed by atoms with Crippen LogP contribution in [0.15, 0.2) is 18.2 Å². The van der Waals surface area contributed by atoms with Gasteiger partial charge in [0.05, 0.1) is 0 Å². The molecule has 1 aromatic carbocycles. The molecule has 1 N–H and O–H groups in total. The molecule has 2 heteroatoms. The van der Waals surface area contributed by atoms with Crippen molar-refractivity contribution in [3.63, 3.8) is 0 Å². The molecule has 1 unspecified atom stereocenters. The first-order chi connectivity index (χ1) is 8.06. The molecule has 0 aliphatic rings. The highest BCUT2D eigenvalue weighted by Gasteiger charge is 2.09. The van der Waals surface area contributed by atoms with Gasteiger partial charge in [-0.15, -0.1) is 0 Å². The van der Waals surface area contributed by atoms with Crippen LogP contribution in [-0.2, 0) is 0 Å². The number of anilines is 1. The molecule has 0 fully saturated rings. The fraction of sp³-hybridized carbons (Fsp3) is 0.600. The van der Waals surface area contributed by atoms with E-state index in [1.165, 1.54) is 29.7 Å². The Balaban J connectivity index is 2.71. The molecule has 1 rings (SSSR count). The van der Waals surface area contributed by atoms with Crippen molar-refractivity contribution in [1.82, 2.24) is 5.32 Å². The molecule has 96 valence electrons. The molecule has 0 bridgehead atoms. The van der Waals surface area contributed by atoms with Crippen molar-refractivity contribution in [2.75, 3.05) is 25.5 Å². The first-order valence-corrected chi connectivity index (χ1v) is 6.53. The Bertz CT molecular complexity index is 327. The number of benzene rings is 1. The lowest BCUT2D eigenvalue weighted by Gasteiger charge is -2.26. The molecular weight excluding hydrogens is 208 g/mol. The Morgan fingerprint density at radius 1 is 1.18 bits per heavy atom. The van der Waals surface area contributed by atoms with Crippen LogP contribution in [0.1, 0.15) is 30.9 Å². The van der Waals surface area contributed by atoms with Crippen molar-refractivity contribution in [1.29, 1.82) is 0 Å². The third-order valence-corrected chi connectivity index (χ3v) is 3.19. The van der Waals surface area contributed by atoms with Gasteiger partial charge < -0.3 is 10.2 Å². The minimum absolute atomic E-state index is 0.575. The molecule has 0 amide bonds. The second-order valence-electron chi connectivity index (χ2n) is 5.00. The minimum atomic E-state index is 0.575. The average Bonchev–Trinajstić information content (AvgIpc) is 2.27. The fourth-order valence-corrected chi connectivity index (χ4v) is 2.28.